The van der Waals surface area contributed by atoms with E-state index < -0.39 is 4.92 Å². The SMILES string of the molecule is COCOc1ccc(/C=C/C=C/c2ccc([N+](=O)[O-])cc2)cc1OC. The second kappa shape index (κ2) is 9.24. The Labute approximate surface area is 146 Å². The van der Waals surface area contributed by atoms with Gasteiger partial charge < -0.3 is 14.2 Å². The summed E-state index contributed by atoms with van der Waals surface area (Å²) in [6.45, 7) is 0.156. The van der Waals surface area contributed by atoms with Gasteiger partial charge in [0.2, 0.25) is 0 Å². The van der Waals surface area contributed by atoms with Crippen LogP contribution in [-0.2, 0) is 4.74 Å². The summed E-state index contributed by atoms with van der Waals surface area (Å²) in [5.74, 6) is 1.24. The van der Waals surface area contributed by atoms with E-state index >= 15 is 0 Å². The second-order valence-electron chi connectivity index (χ2n) is 5.03. The Hall–Kier alpha value is -3.12. The van der Waals surface area contributed by atoms with Crippen LogP contribution in [0.4, 0.5) is 5.69 Å². The summed E-state index contributed by atoms with van der Waals surface area (Å²) in [6, 6.07) is 11.9. The molecule has 0 spiro atoms. The third kappa shape index (κ3) is 5.47. The second-order valence-corrected chi connectivity index (χ2v) is 5.03. The van der Waals surface area contributed by atoms with E-state index in [2.05, 4.69) is 0 Å². The molecule has 25 heavy (non-hydrogen) atoms. The summed E-state index contributed by atoms with van der Waals surface area (Å²) in [6.07, 6.45) is 7.53. The van der Waals surface area contributed by atoms with Crippen molar-refractivity contribution in [3.05, 3.63) is 75.9 Å². The van der Waals surface area contributed by atoms with Gasteiger partial charge in [-0.05, 0) is 35.4 Å². The van der Waals surface area contributed by atoms with Gasteiger partial charge in [-0.1, -0.05) is 30.4 Å². The molecular weight excluding hydrogens is 322 g/mol. The normalized spacial score (nSPS) is 11.1. The van der Waals surface area contributed by atoms with Gasteiger partial charge in [-0.2, -0.15) is 0 Å². The van der Waals surface area contributed by atoms with Crippen LogP contribution in [-0.4, -0.2) is 25.9 Å². The van der Waals surface area contributed by atoms with Crippen molar-refractivity contribution >= 4 is 17.8 Å². The molecule has 2 rings (SSSR count). The number of methoxy groups -OCH3 is 2. The highest BCUT2D eigenvalue weighted by molar-refractivity contribution is 5.60. The Morgan fingerprint density at radius 3 is 2.20 bits per heavy atom. The summed E-state index contributed by atoms with van der Waals surface area (Å²) in [4.78, 5) is 10.2. The van der Waals surface area contributed by atoms with Crippen LogP contribution in [0.25, 0.3) is 12.2 Å². The van der Waals surface area contributed by atoms with Gasteiger partial charge in [-0.15, -0.1) is 0 Å². The van der Waals surface area contributed by atoms with E-state index in [4.69, 9.17) is 14.2 Å². The molecule has 130 valence electrons. The zero-order valence-corrected chi connectivity index (χ0v) is 14.0. The topological polar surface area (TPSA) is 70.8 Å². The van der Waals surface area contributed by atoms with E-state index in [1.54, 1.807) is 26.4 Å². The van der Waals surface area contributed by atoms with Crippen LogP contribution in [0.1, 0.15) is 11.1 Å². The molecule has 0 fully saturated rings. The van der Waals surface area contributed by atoms with Crippen molar-refractivity contribution in [2.45, 2.75) is 0 Å². The van der Waals surface area contributed by atoms with Crippen molar-refractivity contribution in [2.75, 3.05) is 21.0 Å². The molecule has 6 heteroatoms. The van der Waals surface area contributed by atoms with Crippen LogP contribution in [0.5, 0.6) is 11.5 Å². The minimum absolute atomic E-state index is 0.0792. The fourth-order valence-corrected chi connectivity index (χ4v) is 2.07. The molecule has 0 unspecified atom stereocenters. The predicted molar refractivity (Wildman–Crippen MR) is 96.7 cm³/mol. The van der Waals surface area contributed by atoms with Crippen molar-refractivity contribution in [3.63, 3.8) is 0 Å². The highest BCUT2D eigenvalue weighted by atomic mass is 16.7. The number of non-ortho nitro benzene ring substituents is 1. The Morgan fingerprint density at radius 1 is 0.960 bits per heavy atom. The standard InChI is InChI=1S/C19H19NO5/c1-23-14-25-18-12-9-16(13-19(18)24-2)6-4-3-5-15-7-10-17(11-8-15)20(21)22/h3-13H,14H2,1-2H3/b5-3+,6-4+. The number of rotatable bonds is 8. The Balaban J connectivity index is 2.02. The van der Waals surface area contributed by atoms with Crippen LogP contribution < -0.4 is 9.47 Å². The van der Waals surface area contributed by atoms with Crippen molar-refractivity contribution in [3.8, 4) is 11.5 Å². The molecule has 0 aliphatic rings. The average molecular weight is 341 g/mol. The van der Waals surface area contributed by atoms with E-state index in [0.717, 1.165) is 11.1 Å². The maximum absolute atomic E-state index is 10.6. The van der Waals surface area contributed by atoms with Gasteiger partial charge in [0.05, 0.1) is 12.0 Å². The lowest BCUT2D eigenvalue weighted by molar-refractivity contribution is -0.384. The van der Waals surface area contributed by atoms with Crippen molar-refractivity contribution < 1.29 is 19.1 Å². The van der Waals surface area contributed by atoms with Crippen LogP contribution >= 0.6 is 0 Å². The van der Waals surface area contributed by atoms with Gasteiger partial charge in [-0.3, -0.25) is 10.1 Å². The Bertz CT molecular complexity index is 766. The number of nitro groups is 1. The predicted octanol–water partition coefficient (Wildman–Crippen LogP) is 4.31. The smallest absolute Gasteiger partial charge is 0.269 e. The molecule has 0 atom stereocenters. The molecular formula is C19H19NO5. The quantitative estimate of drug-likeness (QED) is 0.310. The lowest BCUT2D eigenvalue weighted by Gasteiger charge is -2.10. The first-order valence-corrected chi connectivity index (χ1v) is 7.53. The van der Waals surface area contributed by atoms with Gasteiger partial charge in [-0.25, -0.2) is 0 Å². The van der Waals surface area contributed by atoms with Gasteiger partial charge >= 0.3 is 0 Å². The zero-order valence-electron chi connectivity index (χ0n) is 14.0. The van der Waals surface area contributed by atoms with Crippen LogP contribution in [0.3, 0.4) is 0 Å². The maximum Gasteiger partial charge on any atom is 0.269 e. The molecule has 0 aromatic heterocycles. The third-order valence-electron chi connectivity index (χ3n) is 3.31. The van der Waals surface area contributed by atoms with Crippen molar-refractivity contribution in [1.29, 1.82) is 0 Å². The first-order valence-electron chi connectivity index (χ1n) is 7.53. The number of nitro benzene ring substituents is 1. The molecule has 0 saturated carbocycles. The van der Waals surface area contributed by atoms with Gasteiger partial charge in [0.15, 0.2) is 18.3 Å². The molecule has 0 N–H and O–H groups in total. The maximum atomic E-state index is 10.6. The van der Waals surface area contributed by atoms with Crippen LogP contribution in [0, 0.1) is 10.1 Å². The number of hydrogen-bond acceptors (Lipinski definition) is 5. The van der Waals surface area contributed by atoms with Crippen molar-refractivity contribution in [2.24, 2.45) is 0 Å². The fourth-order valence-electron chi connectivity index (χ4n) is 2.07. The van der Waals surface area contributed by atoms with E-state index in [0.29, 0.717) is 11.5 Å². The highest BCUT2D eigenvalue weighted by Gasteiger charge is 2.04. The summed E-state index contributed by atoms with van der Waals surface area (Å²) in [5.41, 5.74) is 1.92. The van der Waals surface area contributed by atoms with Crippen molar-refractivity contribution in [1.82, 2.24) is 0 Å². The number of allylic oxidation sites excluding steroid dienone is 2. The number of ether oxygens (including phenoxy) is 3. The fraction of sp³-hybridized carbons (Fsp3) is 0.158. The summed E-state index contributed by atoms with van der Waals surface area (Å²) in [7, 11) is 3.14. The van der Waals surface area contributed by atoms with Gasteiger partial charge in [0.1, 0.15) is 0 Å². The van der Waals surface area contributed by atoms with Gasteiger partial charge in [0, 0.05) is 19.2 Å². The molecule has 2 aromatic carbocycles. The molecule has 0 aliphatic heterocycles. The summed E-state index contributed by atoms with van der Waals surface area (Å²) < 4.78 is 15.6. The average Bonchev–Trinajstić information content (AvgIpc) is 2.64. The molecule has 0 aliphatic carbocycles. The van der Waals surface area contributed by atoms with Crippen LogP contribution in [0.15, 0.2) is 54.6 Å². The minimum atomic E-state index is -0.416. The number of nitrogens with zero attached hydrogens (tertiary/aromatic N) is 1. The first kappa shape index (κ1) is 18.2. The summed E-state index contributed by atoms with van der Waals surface area (Å²) >= 11 is 0. The highest BCUT2D eigenvalue weighted by Crippen LogP contribution is 2.28. The van der Waals surface area contributed by atoms with E-state index in [-0.39, 0.29) is 12.5 Å². The van der Waals surface area contributed by atoms with Gasteiger partial charge in [0.25, 0.3) is 5.69 Å². The monoisotopic (exact) mass is 341 g/mol. The molecule has 2 aromatic rings. The molecule has 6 nitrogen and oxygen atoms in total. The molecule has 0 saturated heterocycles. The molecule has 0 amide bonds. The lowest BCUT2D eigenvalue weighted by atomic mass is 10.1. The van der Waals surface area contributed by atoms with Crippen LogP contribution in [0.2, 0.25) is 0 Å². The number of hydrogen-bond donors (Lipinski definition) is 0. The first-order chi connectivity index (χ1) is 12.1. The number of benzene rings is 2. The summed E-state index contributed by atoms with van der Waals surface area (Å²) in [5, 5.41) is 10.6. The molecule has 0 bridgehead atoms. The molecule has 0 radical (unpaired) electrons. The third-order valence-corrected chi connectivity index (χ3v) is 3.31. The Morgan fingerprint density at radius 2 is 1.60 bits per heavy atom. The van der Waals surface area contributed by atoms with E-state index in [9.17, 15) is 10.1 Å². The largest absolute Gasteiger partial charge is 0.493 e. The lowest BCUT2D eigenvalue weighted by Crippen LogP contribution is -2.00. The van der Waals surface area contributed by atoms with E-state index in [1.807, 2.05) is 42.5 Å². The minimum Gasteiger partial charge on any atom is -0.493 e. The zero-order chi connectivity index (χ0) is 18.1. The van der Waals surface area contributed by atoms with E-state index in [1.165, 1.54) is 12.1 Å². The Kier molecular flexibility index (Phi) is 6.74. The molecule has 0 heterocycles.